The Morgan fingerprint density at radius 3 is 3.00 bits per heavy atom. The standard InChI is InChI=1S/C12H12N6O2/c1-2-9-10(11(19)20)15-16-18(9)7-8-6-17-5-3-4-13-12(17)14-8/h3-6H,2,7H2,1H3,(H,19,20). The third-order valence-corrected chi connectivity index (χ3v) is 2.97. The van der Waals surface area contributed by atoms with Crippen molar-refractivity contribution in [2.24, 2.45) is 0 Å². The zero-order chi connectivity index (χ0) is 14.1. The zero-order valence-electron chi connectivity index (χ0n) is 10.8. The van der Waals surface area contributed by atoms with Crippen molar-refractivity contribution in [3.8, 4) is 0 Å². The van der Waals surface area contributed by atoms with Gasteiger partial charge < -0.3 is 5.11 Å². The lowest BCUT2D eigenvalue weighted by Crippen LogP contribution is -2.08. The Labute approximate surface area is 113 Å². The summed E-state index contributed by atoms with van der Waals surface area (Å²) in [7, 11) is 0. The summed E-state index contributed by atoms with van der Waals surface area (Å²) in [6.07, 6.45) is 5.90. The number of rotatable bonds is 4. The molecule has 3 rings (SSSR count). The fourth-order valence-corrected chi connectivity index (χ4v) is 2.08. The number of fused-ring (bicyclic) bond motifs is 1. The van der Waals surface area contributed by atoms with Crippen molar-refractivity contribution in [1.29, 1.82) is 0 Å². The van der Waals surface area contributed by atoms with Crippen LogP contribution in [0.4, 0.5) is 0 Å². The Morgan fingerprint density at radius 1 is 1.45 bits per heavy atom. The van der Waals surface area contributed by atoms with E-state index in [0.717, 1.165) is 5.69 Å². The van der Waals surface area contributed by atoms with Crippen molar-refractivity contribution < 1.29 is 9.90 Å². The monoisotopic (exact) mass is 272 g/mol. The van der Waals surface area contributed by atoms with Crippen molar-refractivity contribution in [2.45, 2.75) is 19.9 Å². The molecule has 0 saturated heterocycles. The minimum atomic E-state index is -1.07. The van der Waals surface area contributed by atoms with Gasteiger partial charge in [0.25, 0.3) is 0 Å². The lowest BCUT2D eigenvalue weighted by Gasteiger charge is -2.02. The molecule has 3 heterocycles. The van der Waals surface area contributed by atoms with Gasteiger partial charge in [0.2, 0.25) is 5.78 Å². The molecule has 0 radical (unpaired) electrons. The summed E-state index contributed by atoms with van der Waals surface area (Å²) < 4.78 is 3.36. The van der Waals surface area contributed by atoms with Crippen molar-refractivity contribution >= 4 is 11.7 Å². The number of carbonyl (C=O) groups is 1. The Kier molecular flexibility index (Phi) is 2.90. The molecule has 0 saturated carbocycles. The van der Waals surface area contributed by atoms with Gasteiger partial charge in [-0.25, -0.2) is 19.4 Å². The summed E-state index contributed by atoms with van der Waals surface area (Å²) >= 11 is 0. The number of carboxylic acid groups (broad SMARTS) is 1. The van der Waals surface area contributed by atoms with Crippen LogP contribution in [0.2, 0.25) is 0 Å². The Morgan fingerprint density at radius 2 is 2.30 bits per heavy atom. The second-order valence-corrected chi connectivity index (χ2v) is 4.26. The van der Waals surface area contributed by atoms with Gasteiger partial charge in [-0.15, -0.1) is 5.10 Å². The molecule has 0 aliphatic rings. The number of hydrogen-bond donors (Lipinski definition) is 1. The van der Waals surface area contributed by atoms with Gasteiger partial charge in [-0.05, 0) is 12.5 Å². The van der Waals surface area contributed by atoms with E-state index in [9.17, 15) is 4.79 Å². The van der Waals surface area contributed by atoms with Gasteiger partial charge >= 0.3 is 5.97 Å². The molecular formula is C12H12N6O2. The van der Waals surface area contributed by atoms with Gasteiger partial charge in [0.05, 0.1) is 17.9 Å². The molecule has 0 bridgehead atoms. The number of nitrogens with zero attached hydrogens (tertiary/aromatic N) is 6. The SMILES string of the molecule is CCc1c(C(=O)O)nnn1Cc1cn2cccnc2n1. The molecule has 3 aromatic heterocycles. The summed E-state index contributed by atoms with van der Waals surface area (Å²) in [6.45, 7) is 2.24. The molecule has 0 fully saturated rings. The van der Waals surface area contributed by atoms with Gasteiger partial charge in [0, 0.05) is 18.6 Å². The predicted molar refractivity (Wildman–Crippen MR) is 68.4 cm³/mol. The number of aromatic nitrogens is 6. The molecule has 0 unspecified atom stereocenters. The molecule has 8 nitrogen and oxygen atoms in total. The lowest BCUT2D eigenvalue weighted by atomic mass is 10.2. The molecule has 0 aromatic carbocycles. The molecule has 0 amide bonds. The van der Waals surface area contributed by atoms with Crippen LogP contribution in [0.3, 0.4) is 0 Å². The van der Waals surface area contributed by atoms with E-state index in [1.54, 1.807) is 15.3 Å². The Balaban J connectivity index is 1.96. The van der Waals surface area contributed by atoms with E-state index >= 15 is 0 Å². The number of carboxylic acids is 1. The third-order valence-electron chi connectivity index (χ3n) is 2.97. The summed E-state index contributed by atoms with van der Waals surface area (Å²) in [6, 6.07) is 1.81. The molecule has 20 heavy (non-hydrogen) atoms. The van der Waals surface area contributed by atoms with E-state index in [4.69, 9.17) is 5.11 Å². The molecule has 0 spiro atoms. The first kappa shape index (κ1) is 12.3. The van der Waals surface area contributed by atoms with E-state index < -0.39 is 5.97 Å². The molecule has 0 atom stereocenters. The number of aromatic carboxylic acids is 1. The van der Waals surface area contributed by atoms with Crippen LogP contribution in [-0.2, 0) is 13.0 Å². The highest BCUT2D eigenvalue weighted by molar-refractivity contribution is 5.86. The lowest BCUT2D eigenvalue weighted by molar-refractivity contribution is 0.0689. The normalized spacial score (nSPS) is 11.1. The minimum absolute atomic E-state index is 0.00520. The Hall–Kier alpha value is -2.77. The van der Waals surface area contributed by atoms with Crippen LogP contribution in [-0.4, -0.2) is 40.4 Å². The van der Waals surface area contributed by atoms with Gasteiger partial charge in [0.15, 0.2) is 5.69 Å². The average Bonchev–Trinajstić information content (AvgIpc) is 3.01. The maximum absolute atomic E-state index is 11.0. The van der Waals surface area contributed by atoms with Crippen LogP contribution in [0.5, 0.6) is 0 Å². The maximum atomic E-state index is 11.0. The molecule has 102 valence electrons. The fourth-order valence-electron chi connectivity index (χ4n) is 2.08. The van der Waals surface area contributed by atoms with Crippen LogP contribution < -0.4 is 0 Å². The van der Waals surface area contributed by atoms with Crippen LogP contribution in [0.1, 0.15) is 28.8 Å². The fraction of sp³-hybridized carbons (Fsp3) is 0.250. The van der Waals surface area contributed by atoms with Gasteiger partial charge in [-0.2, -0.15) is 0 Å². The highest BCUT2D eigenvalue weighted by atomic mass is 16.4. The van der Waals surface area contributed by atoms with Crippen LogP contribution >= 0.6 is 0 Å². The molecule has 0 aliphatic heterocycles. The van der Waals surface area contributed by atoms with E-state index in [-0.39, 0.29) is 5.69 Å². The minimum Gasteiger partial charge on any atom is -0.476 e. The first-order chi connectivity index (χ1) is 9.69. The van der Waals surface area contributed by atoms with Crippen LogP contribution in [0.25, 0.3) is 5.78 Å². The first-order valence-corrected chi connectivity index (χ1v) is 6.13. The molecule has 1 N–H and O–H groups in total. The average molecular weight is 272 g/mol. The zero-order valence-corrected chi connectivity index (χ0v) is 10.8. The summed E-state index contributed by atoms with van der Waals surface area (Å²) in [4.78, 5) is 19.5. The maximum Gasteiger partial charge on any atom is 0.358 e. The molecular weight excluding hydrogens is 260 g/mol. The summed E-state index contributed by atoms with van der Waals surface area (Å²) in [5.74, 6) is -0.469. The number of hydrogen-bond acceptors (Lipinski definition) is 5. The van der Waals surface area contributed by atoms with E-state index in [0.29, 0.717) is 24.4 Å². The second-order valence-electron chi connectivity index (χ2n) is 4.26. The van der Waals surface area contributed by atoms with Crippen LogP contribution in [0, 0.1) is 0 Å². The van der Waals surface area contributed by atoms with Gasteiger partial charge in [0.1, 0.15) is 0 Å². The first-order valence-electron chi connectivity index (χ1n) is 6.13. The highest BCUT2D eigenvalue weighted by Crippen LogP contribution is 2.10. The quantitative estimate of drug-likeness (QED) is 0.748. The number of imidazole rings is 1. The summed E-state index contributed by atoms with van der Waals surface area (Å²) in [5.41, 5.74) is 1.33. The summed E-state index contributed by atoms with van der Waals surface area (Å²) in [5, 5.41) is 16.6. The van der Waals surface area contributed by atoms with Crippen molar-refractivity contribution in [1.82, 2.24) is 29.4 Å². The van der Waals surface area contributed by atoms with Crippen molar-refractivity contribution in [3.05, 3.63) is 41.7 Å². The molecule has 8 heteroatoms. The van der Waals surface area contributed by atoms with Gasteiger partial charge in [-0.3, -0.25) is 4.40 Å². The third kappa shape index (κ3) is 2.00. The highest BCUT2D eigenvalue weighted by Gasteiger charge is 2.18. The van der Waals surface area contributed by atoms with E-state index in [1.165, 1.54) is 0 Å². The van der Waals surface area contributed by atoms with Crippen molar-refractivity contribution in [3.63, 3.8) is 0 Å². The van der Waals surface area contributed by atoms with Crippen molar-refractivity contribution in [2.75, 3.05) is 0 Å². The largest absolute Gasteiger partial charge is 0.476 e. The topological polar surface area (TPSA) is 98.2 Å². The molecule has 3 aromatic rings. The van der Waals surface area contributed by atoms with E-state index in [1.807, 2.05) is 25.4 Å². The Bertz CT molecular complexity index is 742. The van der Waals surface area contributed by atoms with Gasteiger partial charge in [-0.1, -0.05) is 12.1 Å². The second kappa shape index (κ2) is 4.72. The predicted octanol–water partition coefficient (Wildman–Crippen LogP) is 0.630. The smallest absolute Gasteiger partial charge is 0.358 e. The van der Waals surface area contributed by atoms with Crippen LogP contribution in [0.15, 0.2) is 24.7 Å². The molecule has 0 aliphatic carbocycles. The van der Waals surface area contributed by atoms with E-state index in [2.05, 4.69) is 20.3 Å².